The molecule has 0 rings (SSSR count). The van der Waals surface area contributed by atoms with Crippen LogP contribution >= 0.6 is 0 Å². The van der Waals surface area contributed by atoms with Crippen LogP contribution in [0.2, 0.25) is 0 Å². The van der Waals surface area contributed by atoms with Gasteiger partial charge in [-0.25, -0.2) is 0 Å². The molecular weight excluding hydrogens is 741 g/mol. The van der Waals surface area contributed by atoms with Gasteiger partial charge in [-0.15, -0.1) is 0 Å². The third-order valence-corrected chi connectivity index (χ3v) is 11.3. The Labute approximate surface area is 373 Å². The maximum absolute atomic E-state index is 12.8. The van der Waals surface area contributed by atoms with E-state index in [1.54, 1.807) is 0 Å². The van der Waals surface area contributed by atoms with Crippen LogP contribution in [0, 0.1) is 0 Å². The Morgan fingerprint density at radius 1 is 0.367 bits per heavy atom. The zero-order chi connectivity index (χ0) is 43.5. The van der Waals surface area contributed by atoms with Gasteiger partial charge in [0.1, 0.15) is 6.61 Å². The van der Waals surface area contributed by atoms with Crippen molar-refractivity contribution >= 4 is 11.9 Å². The quantitative estimate of drug-likeness (QED) is 0.0347. The van der Waals surface area contributed by atoms with Gasteiger partial charge in [-0.1, -0.05) is 204 Å². The van der Waals surface area contributed by atoms with Crippen LogP contribution in [0.3, 0.4) is 0 Å². The van der Waals surface area contributed by atoms with Crippen LogP contribution in [0.25, 0.3) is 0 Å². The van der Waals surface area contributed by atoms with E-state index in [9.17, 15) is 9.59 Å². The summed E-state index contributed by atoms with van der Waals surface area (Å²) >= 11 is 0. The molecule has 1 atom stereocenters. The van der Waals surface area contributed by atoms with Crippen molar-refractivity contribution in [2.45, 2.75) is 271 Å². The summed E-state index contributed by atoms with van der Waals surface area (Å²) < 4.78 is 17.4. The van der Waals surface area contributed by atoms with Gasteiger partial charge < -0.3 is 14.2 Å². The van der Waals surface area contributed by atoms with Gasteiger partial charge in [-0.2, -0.15) is 0 Å². The number of ether oxygens (including phenoxy) is 3. The Morgan fingerprint density at radius 2 is 0.717 bits per heavy atom. The molecule has 0 aromatic heterocycles. The molecule has 0 spiro atoms. The number of carbonyl (C=O) groups is 2. The summed E-state index contributed by atoms with van der Waals surface area (Å²) in [6.45, 7) is 7.76. The number of unbranched alkanes of at least 4 members (excludes halogenated alkanes) is 29. The number of hydrogen-bond donors (Lipinski definition) is 0. The minimum atomic E-state index is -0.543. The summed E-state index contributed by atoms with van der Waals surface area (Å²) in [4.78, 5) is 25.4. The summed E-state index contributed by atoms with van der Waals surface area (Å²) in [6, 6.07) is 0. The molecular formula is C55H100O5. The molecule has 5 heteroatoms. The highest BCUT2D eigenvalue weighted by atomic mass is 16.6. The summed E-state index contributed by atoms with van der Waals surface area (Å²) in [5.74, 6) is -0.407. The highest BCUT2D eigenvalue weighted by Crippen LogP contribution is 2.14. The zero-order valence-corrected chi connectivity index (χ0v) is 40.2. The van der Waals surface area contributed by atoms with Gasteiger partial charge in [-0.05, 0) is 96.3 Å². The van der Waals surface area contributed by atoms with E-state index < -0.39 is 6.10 Å². The third kappa shape index (κ3) is 48.5. The second-order valence-electron chi connectivity index (χ2n) is 17.4. The first-order valence-electron chi connectivity index (χ1n) is 26.2. The van der Waals surface area contributed by atoms with E-state index in [1.807, 2.05) is 0 Å². The van der Waals surface area contributed by atoms with E-state index in [1.165, 1.54) is 173 Å². The van der Waals surface area contributed by atoms with Crippen LogP contribution in [0.5, 0.6) is 0 Å². The molecule has 0 aliphatic heterocycles. The molecule has 0 heterocycles. The Bertz CT molecular complexity index is 997. The minimum Gasteiger partial charge on any atom is -0.462 e. The molecule has 0 aliphatic carbocycles. The first-order valence-corrected chi connectivity index (χ1v) is 26.2. The van der Waals surface area contributed by atoms with Crippen LogP contribution in [0.1, 0.15) is 265 Å². The second-order valence-corrected chi connectivity index (χ2v) is 17.4. The van der Waals surface area contributed by atoms with Crippen molar-refractivity contribution in [3.05, 3.63) is 48.6 Å². The molecule has 0 amide bonds. The van der Waals surface area contributed by atoms with Crippen LogP contribution in [0.4, 0.5) is 0 Å². The van der Waals surface area contributed by atoms with E-state index in [4.69, 9.17) is 14.2 Å². The second kappa shape index (κ2) is 51.2. The first-order chi connectivity index (χ1) is 29.6. The van der Waals surface area contributed by atoms with Crippen molar-refractivity contribution in [2.75, 3.05) is 19.8 Å². The number of allylic oxidation sites excluding steroid dienone is 8. The molecule has 1 unspecified atom stereocenters. The van der Waals surface area contributed by atoms with E-state index in [2.05, 4.69) is 69.4 Å². The van der Waals surface area contributed by atoms with Gasteiger partial charge in [-0.3, -0.25) is 9.59 Å². The first kappa shape index (κ1) is 57.9. The van der Waals surface area contributed by atoms with E-state index >= 15 is 0 Å². The van der Waals surface area contributed by atoms with Gasteiger partial charge in [0.15, 0.2) is 6.10 Å². The van der Waals surface area contributed by atoms with Gasteiger partial charge >= 0.3 is 11.9 Å². The average Bonchev–Trinajstić information content (AvgIpc) is 3.25. The lowest BCUT2D eigenvalue weighted by Gasteiger charge is -2.18. The summed E-state index contributed by atoms with van der Waals surface area (Å²) in [5.41, 5.74) is 0. The lowest BCUT2D eigenvalue weighted by Crippen LogP contribution is -2.30. The van der Waals surface area contributed by atoms with Gasteiger partial charge in [0, 0.05) is 19.4 Å². The number of esters is 2. The summed E-state index contributed by atoms with van der Waals surface area (Å²) in [7, 11) is 0. The fourth-order valence-corrected chi connectivity index (χ4v) is 7.34. The topological polar surface area (TPSA) is 61.8 Å². The lowest BCUT2D eigenvalue weighted by molar-refractivity contribution is -0.163. The largest absolute Gasteiger partial charge is 0.462 e. The predicted octanol–water partition coefficient (Wildman–Crippen LogP) is 17.6. The summed E-state index contributed by atoms with van der Waals surface area (Å²) in [6.07, 6.45) is 62.6. The van der Waals surface area contributed by atoms with Crippen LogP contribution < -0.4 is 0 Å². The maximum atomic E-state index is 12.8. The van der Waals surface area contributed by atoms with Gasteiger partial charge in [0.25, 0.3) is 0 Å². The van der Waals surface area contributed by atoms with Crippen molar-refractivity contribution in [3.8, 4) is 0 Å². The maximum Gasteiger partial charge on any atom is 0.306 e. The number of hydrogen-bond acceptors (Lipinski definition) is 5. The zero-order valence-electron chi connectivity index (χ0n) is 40.2. The predicted molar refractivity (Wildman–Crippen MR) is 261 cm³/mol. The highest BCUT2D eigenvalue weighted by Gasteiger charge is 2.17. The van der Waals surface area contributed by atoms with E-state index in [-0.39, 0.29) is 25.2 Å². The fourth-order valence-electron chi connectivity index (χ4n) is 7.34. The summed E-state index contributed by atoms with van der Waals surface area (Å²) in [5, 5.41) is 0. The lowest BCUT2D eigenvalue weighted by atomic mass is 10.1. The SMILES string of the molecule is CCCC/C=C\CCCCCCCCOCC(COC(=O)CCCCCCCCCCC/C=C\C/C=C\CCCCC)OC(=O)CCCCCCC/C=C\CCCCCC. The molecule has 0 saturated carbocycles. The standard InChI is InChI=1S/C55H100O5/c1-4-7-10-13-16-19-22-25-26-27-28-29-30-32-33-36-39-42-45-48-54(56)59-52-53(51-58-50-47-44-41-38-35-24-21-18-15-12-9-6-3)60-55(57)49-46-43-40-37-34-31-23-20-17-14-11-8-5-2/h15-16,18-20,23,25-26,53H,4-14,17,21-22,24,27-52H2,1-3H3/b18-15-,19-16-,23-20-,26-25-. The molecule has 0 bridgehead atoms. The van der Waals surface area contributed by atoms with Crippen molar-refractivity contribution in [1.29, 1.82) is 0 Å². The molecule has 5 nitrogen and oxygen atoms in total. The average molecular weight is 841 g/mol. The van der Waals surface area contributed by atoms with Crippen molar-refractivity contribution in [1.82, 2.24) is 0 Å². The smallest absolute Gasteiger partial charge is 0.306 e. The molecule has 0 fully saturated rings. The van der Waals surface area contributed by atoms with Crippen LogP contribution in [0.15, 0.2) is 48.6 Å². The third-order valence-electron chi connectivity index (χ3n) is 11.3. The molecule has 0 aromatic carbocycles. The van der Waals surface area contributed by atoms with Gasteiger partial charge in [0.2, 0.25) is 0 Å². The fraction of sp³-hybridized carbons (Fsp3) is 0.818. The normalized spacial score (nSPS) is 12.5. The Kier molecular flexibility index (Phi) is 49.4. The molecule has 0 aliphatic rings. The van der Waals surface area contributed by atoms with Crippen LogP contribution in [-0.4, -0.2) is 37.9 Å². The van der Waals surface area contributed by atoms with Crippen molar-refractivity contribution < 1.29 is 23.8 Å². The van der Waals surface area contributed by atoms with Crippen molar-refractivity contribution in [3.63, 3.8) is 0 Å². The molecule has 350 valence electrons. The highest BCUT2D eigenvalue weighted by molar-refractivity contribution is 5.70. The number of rotatable bonds is 48. The minimum absolute atomic E-state index is 0.0789. The molecule has 0 N–H and O–H groups in total. The molecule has 0 radical (unpaired) electrons. The van der Waals surface area contributed by atoms with Crippen molar-refractivity contribution in [2.24, 2.45) is 0 Å². The molecule has 0 aromatic rings. The Balaban J connectivity index is 4.22. The van der Waals surface area contributed by atoms with E-state index in [0.717, 1.165) is 57.8 Å². The van der Waals surface area contributed by atoms with E-state index in [0.29, 0.717) is 19.4 Å². The molecule has 0 saturated heterocycles. The molecule has 60 heavy (non-hydrogen) atoms. The van der Waals surface area contributed by atoms with Gasteiger partial charge in [0.05, 0.1) is 6.61 Å². The Hall–Kier alpha value is -2.14. The Morgan fingerprint density at radius 3 is 1.20 bits per heavy atom. The number of carbonyl (C=O) groups excluding carboxylic acids is 2. The van der Waals surface area contributed by atoms with Crippen LogP contribution in [-0.2, 0) is 23.8 Å². The monoisotopic (exact) mass is 841 g/mol.